The smallest absolute Gasteiger partial charge is 0.328 e. The Kier molecular flexibility index (Phi) is 4.47. The number of nitrogens with zero attached hydrogens (tertiary/aromatic N) is 2. The van der Waals surface area contributed by atoms with Gasteiger partial charge < -0.3 is 19.5 Å². The average Bonchev–Trinajstić information content (AvgIpc) is 2.96. The molecule has 3 rings (SSSR count). The molecule has 2 aliphatic rings. The number of likely N-dealkylation sites (tertiary alicyclic amines) is 1. The first kappa shape index (κ1) is 16.7. The summed E-state index contributed by atoms with van der Waals surface area (Å²) in [5, 5.41) is 9.54. The van der Waals surface area contributed by atoms with E-state index in [4.69, 9.17) is 9.47 Å². The molecule has 24 heavy (non-hydrogen) atoms. The van der Waals surface area contributed by atoms with Crippen LogP contribution in [0, 0.1) is 0 Å². The highest BCUT2D eigenvalue weighted by molar-refractivity contribution is 5.97. The minimum Gasteiger partial charge on any atom is -0.497 e. The van der Waals surface area contributed by atoms with Gasteiger partial charge in [0.15, 0.2) is 6.04 Å². The number of benzene rings is 1. The molecule has 0 aliphatic carbocycles. The molecule has 0 saturated carbocycles. The average molecular weight is 334 g/mol. The number of ether oxygens (including phenoxy) is 2. The highest BCUT2D eigenvalue weighted by Crippen LogP contribution is 2.38. The SMILES string of the molecule is COc1cccc(C(=O)N2[C@@H](C(=O)O)COC23CCN(C)CC3)c1. The maximum Gasteiger partial charge on any atom is 0.328 e. The molecule has 1 aromatic rings. The third-order valence-corrected chi connectivity index (χ3v) is 4.85. The molecule has 1 aromatic carbocycles. The maximum atomic E-state index is 13.1. The van der Waals surface area contributed by atoms with E-state index in [1.807, 2.05) is 7.05 Å². The van der Waals surface area contributed by atoms with Crippen LogP contribution < -0.4 is 4.74 Å². The Hall–Kier alpha value is -2.12. The summed E-state index contributed by atoms with van der Waals surface area (Å²) in [5.41, 5.74) is -0.431. The van der Waals surface area contributed by atoms with Crippen molar-refractivity contribution in [1.29, 1.82) is 0 Å². The first-order chi connectivity index (χ1) is 11.5. The third-order valence-electron chi connectivity index (χ3n) is 4.85. The van der Waals surface area contributed by atoms with Gasteiger partial charge in [-0.1, -0.05) is 6.07 Å². The highest BCUT2D eigenvalue weighted by atomic mass is 16.5. The van der Waals surface area contributed by atoms with E-state index in [0.717, 1.165) is 13.1 Å². The monoisotopic (exact) mass is 334 g/mol. The van der Waals surface area contributed by atoms with Gasteiger partial charge in [0.25, 0.3) is 5.91 Å². The number of carbonyl (C=O) groups is 2. The van der Waals surface area contributed by atoms with Crippen LogP contribution in [0.25, 0.3) is 0 Å². The summed E-state index contributed by atoms with van der Waals surface area (Å²) in [4.78, 5) is 28.3. The van der Waals surface area contributed by atoms with Gasteiger partial charge >= 0.3 is 5.97 Å². The molecule has 7 nitrogen and oxygen atoms in total. The van der Waals surface area contributed by atoms with Crippen LogP contribution in [0.4, 0.5) is 0 Å². The summed E-state index contributed by atoms with van der Waals surface area (Å²) < 4.78 is 11.0. The van der Waals surface area contributed by atoms with Crippen LogP contribution in [0.15, 0.2) is 24.3 Å². The maximum absolute atomic E-state index is 13.1. The van der Waals surface area contributed by atoms with Crippen molar-refractivity contribution in [3.05, 3.63) is 29.8 Å². The van der Waals surface area contributed by atoms with E-state index < -0.39 is 17.7 Å². The van der Waals surface area contributed by atoms with E-state index in [-0.39, 0.29) is 12.5 Å². The number of methoxy groups -OCH3 is 1. The van der Waals surface area contributed by atoms with Gasteiger partial charge in [-0.3, -0.25) is 9.69 Å². The molecule has 0 bridgehead atoms. The normalized spacial score (nSPS) is 23.4. The largest absolute Gasteiger partial charge is 0.497 e. The van der Waals surface area contributed by atoms with Gasteiger partial charge in [0, 0.05) is 31.5 Å². The van der Waals surface area contributed by atoms with Crippen molar-refractivity contribution in [3.63, 3.8) is 0 Å². The molecule has 1 atom stereocenters. The van der Waals surface area contributed by atoms with Gasteiger partial charge in [0.2, 0.25) is 0 Å². The number of carboxylic acid groups (broad SMARTS) is 1. The quantitative estimate of drug-likeness (QED) is 0.890. The molecule has 1 amide bonds. The molecule has 2 saturated heterocycles. The fraction of sp³-hybridized carbons (Fsp3) is 0.529. The first-order valence-corrected chi connectivity index (χ1v) is 8.00. The standard InChI is InChI=1S/C17H22N2O5/c1-18-8-6-17(7-9-18)19(14(11-24-17)16(21)22)15(20)12-4-3-5-13(10-12)23-2/h3-5,10,14H,6-9,11H2,1-2H3,(H,21,22)/t14-/m1/s1. The molecule has 0 unspecified atom stereocenters. The van der Waals surface area contributed by atoms with Crippen LogP contribution in [0.2, 0.25) is 0 Å². The van der Waals surface area contributed by atoms with E-state index in [0.29, 0.717) is 24.2 Å². The van der Waals surface area contributed by atoms with Crippen molar-refractivity contribution in [2.24, 2.45) is 0 Å². The Bertz CT molecular complexity index is 640. The molecule has 130 valence electrons. The predicted octanol–water partition coefficient (Wildman–Crippen LogP) is 1.04. The number of piperidine rings is 1. The summed E-state index contributed by atoms with van der Waals surface area (Å²) in [6.45, 7) is 1.54. The lowest BCUT2D eigenvalue weighted by Crippen LogP contribution is -2.57. The summed E-state index contributed by atoms with van der Waals surface area (Å²) in [6, 6.07) is 5.80. The fourth-order valence-electron chi connectivity index (χ4n) is 3.42. The molecule has 0 radical (unpaired) electrons. The molecular formula is C17H22N2O5. The topological polar surface area (TPSA) is 79.3 Å². The highest BCUT2D eigenvalue weighted by Gasteiger charge is 2.53. The van der Waals surface area contributed by atoms with Gasteiger partial charge in [-0.2, -0.15) is 0 Å². The van der Waals surface area contributed by atoms with Gasteiger partial charge in [0.1, 0.15) is 11.5 Å². The van der Waals surface area contributed by atoms with Crippen molar-refractivity contribution < 1.29 is 24.2 Å². The summed E-state index contributed by atoms with van der Waals surface area (Å²) in [6.07, 6.45) is 1.20. The lowest BCUT2D eigenvalue weighted by atomic mass is 9.97. The zero-order valence-corrected chi connectivity index (χ0v) is 13.9. The third kappa shape index (κ3) is 2.85. The number of amides is 1. The van der Waals surface area contributed by atoms with Crippen molar-refractivity contribution in [3.8, 4) is 5.75 Å². The van der Waals surface area contributed by atoms with E-state index in [2.05, 4.69) is 4.90 Å². The molecule has 7 heteroatoms. The molecule has 1 spiro atoms. The Morgan fingerprint density at radius 3 is 2.67 bits per heavy atom. The van der Waals surface area contributed by atoms with Crippen LogP contribution in [0.1, 0.15) is 23.2 Å². The second-order valence-electron chi connectivity index (χ2n) is 6.32. The van der Waals surface area contributed by atoms with Crippen LogP contribution in [-0.2, 0) is 9.53 Å². The number of rotatable bonds is 3. The van der Waals surface area contributed by atoms with Gasteiger partial charge in [0.05, 0.1) is 13.7 Å². The van der Waals surface area contributed by atoms with Gasteiger partial charge in [-0.15, -0.1) is 0 Å². The van der Waals surface area contributed by atoms with Crippen molar-refractivity contribution in [2.75, 3.05) is 33.9 Å². The summed E-state index contributed by atoms with van der Waals surface area (Å²) in [5.74, 6) is -0.810. The Balaban J connectivity index is 1.95. The van der Waals surface area contributed by atoms with E-state index in [9.17, 15) is 14.7 Å². The number of carboxylic acids is 1. The molecule has 0 aromatic heterocycles. The lowest BCUT2D eigenvalue weighted by molar-refractivity contribution is -0.143. The van der Waals surface area contributed by atoms with Gasteiger partial charge in [-0.05, 0) is 25.2 Å². The lowest BCUT2D eigenvalue weighted by Gasteiger charge is -2.43. The van der Waals surface area contributed by atoms with Gasteiger partial charge in [-0.25, -0.2) is 4.79 Å². The van der Waals surface area contributed by atoms with Crippen LogP contribution in [0.3, 0.4) is 0 Å². The first-order valence-electron chi connectivity index (χ1n) is 8.00. The molecular weight excluding hydrogens is 312 g/mol. The van der Waals surface area contributed by atoms with Crippen molar-refractivity contribution in [1.82, 2.24) is 9.80 Å². The van der Waals surface area contributed by atoms with Crippen LogP contribution in [0.5, 0.6) is 5.75 Å². The fourth-order valence-corrected chi connectivity index (χ4v) is 3.42. The second kappa shape index (κ2) is 6.41. The number of carbonyl (C=O) groups excluding carboxylic acids is 1. The number of hydrogen-bond donors (Lipinski definition) is 1. The van der Waals surface area contributed by atoms with Crippen LogP contribution >= 0.6 is 0 Å². The second-order valence-corrected chi connectivity index (χ2v) is 6.32. The molecule has 2 heterocycles. The Labute approximate surface area is 140 Å². The molecule has 1 N–H and O–H groups in total. The zero-order chi connectivity index (χ0) is 17.3. The zero-order valence-electron chi connectivity index (χ0n) is 13.9. The van der Waals surface area contributed by atoms with E-state index >= 15 is 0 Å². The Morgan fingerprint density at radius 1 is 1.33 bits per heavy atom. The van der Waals surface area contributed by atoms with E-state index in [1.165, 1.54) is 12.0 Å². The minimum atomic E-state index is -1.04. The predicted molar refractivity (Wildman–Crippen MR) is 86.0 cm³/mol. The minimum absolute atomic E-state index is 0.0226. The summed E-state index contributed by atoms with van der Waals surface area (Å²) >= 11 is 0. The molecule has 2 aliphatic heterocycles. The molecule has 2 fully saturated rings. The van der Waals surface area contributed by atoms with Crippen molar-refractivity contribution >= 4 is 11.9 Å². The number of hydrogen-bond acceptors (Lipinski definition) is 5. The van der Waals surface area contributed by atoms with Crippen LogP contribution in [-0.4, -0.2) is 72.4 Å². The summed E-state index contributed by atoms with van der Waals surface area (Å²) in [7, 11) is 3.53. The number of aliphatic carboxylic acids is 1. The Morgan fingerprint density at radius 2 is 2.04 bits per heavy atom. The van der Waals surface area contributed by atoms with Crippen molar-refractivity contribution in [2.45, 2.75) is 24.6 Å². The van der Waals surface area contributed by atoms with E-state index in [1.54, 1.807) is 24.3 Å².